The lowest BCUT2D eigenvalue weighted by molar-refractivity contribution is 0.610. The zero-order valence-corrected chi connectivity index (χ0v) is 24.4. The minimum Gasteiger partial charge on any atom is -0.343 e. The first-order valence-electron chi connectivity index (χ1n) is 15.3. The van der Waals surface area contributed by atoms with Gasteiger partial charge in [-0.2, -0.15) is 0 Å². The van der Waals surface area contributed by atoms with Crippen LogP contribution < -0.4 is 15.1 Å². The van der Waals surface area contributed by atoms with Crippen LogP contribution in [0.15, 0.2) is 176 Å². The van der Waals surface area contributed by atoms with E-state index in [0.29, 0.717) is 0 Å². The number of hydrogen-bond donors (Lipinski definition) is 1. The van der Waals surface area contributed by atoms with Crippen LogP contribution in [0, 0.1) is 0 Å². The summed E-state index contributed by atoms with van der Waals surface area (Å²) in [5.41, 5.74) is 8.33. The van der Waals surface area contributed by atoms with Crippen molar-refractivity contribution < 1.29 is 0 Å². The lowest BCUT2D eigenvalue weighted by Gasteiger charge is -2.31. The molecule has 212 valence electrons. The fourth-order valence-electron chi connectivity index (χ4n) is 6.70. The van der Waals surface area contributed by atoms with E-state index in [1.165, 1.54) is 38.8 Å². The van der Waals surface area contributed by atoms with E-state index in [4.69, 9.17) is 0 Å². The lowest BCUT2D eigenvalue weighted by Crippen LogP contribution is -2.34. The number of allylic oxidation sites excluding steroid dienone is 2. The van der Waals surface area contributed by atoms with Crippen molar-refractivity contribution in [3.63, 3.8) is 0 Å². The summed E-state index contributed by atoms with van der Waals surface area (Å²) in [6.07, 6.45) is 9.00. The van der Waals surface area contributed by atoms with Gasteiger partial charge >= 0.3 is 0 Å². The molecule has 0 bridgehead atoms. The van der Waals surface area contributed by atoms with Gasteiger partial charge in [0, 0.05) is 22.4 Å². The lowest BCUT2D eigenvalue weighted by atomic mass is 10.0. The van der Waals surface area contributed by atoms with Gasteiger partial charge in [0.25, 0.3) is 0 Å². The van der Waals surface area contributed by atoms with E-state index >= 15 is 0 Å². The summed E-state index contributed by atoms with van der Waals surface area (Å²) in [6, 6.07) is 55.0. The Hall–Kier alpha value is -5.38. The van der Waals surface area contributed by atoms with Gasteiger partial charge < -0.3 is 9.80 Å². The molecule has 1 aliphatic heterocycles. The molecule has 3 heteroatoms. The first kappa shape index (κ1) is 26.3. The summed E-state index contributed by atoms with van der Waals surface area (Å²) < 4.78 is 0. The van der Waals surface area contributed by atoms with Gasteiger partial charge in [-0.15, -0.1) is 0 Å². The van der Waals surface area contributed by atoms with E-state index in [1.54, 1.807) is 0 Å². The van der Waals surface area contributed by atoms with E-state index in [1.807, 2.05) is 0 Å². The monoisotopic (exact) mass is 567 g/mol. The van der Waals surface area contributed by atoms with Crippen LogP contribution in [0.3, 0.4) is 0 Å². The zero-order valence-electron chi connectivity index (χ0n) is 24.4. The Morgan fingerprint density at radius 3 is 1.91 bits per heavy atom. The average molecular weight is 568 g/mol. The Kier molecular flexibility index (Phi) is 6.78. The Labute approximate surface area is 259 Å². The highest BCUT2D eigenvalue weighted by atomic mass is 15.4. The first-order valence-corrected chi connectivity index (χ1v) is 15.3. The fraction of sp³-hybridized carbons (Fsp3) is 0.0732. The van der Waals surface area contributed by atoms with Crippen LogP contribution in [0.1, 0.15) is 11.7 Å². The van der Waals surface area contributed by atoms with Crippen molar-refractivity contribution in [2.75, 3.05) is 9.80 Å². The normalized spacial score (nSPS) is 18.8. The second kappa shape index (κ2) is 11.4. The largest absolute Gasteiger partial charge is 0.343 e. The molecule has 0 saturated carbocycles. The van der Waals surface area contributed by atoms with Crippen molar-refractivity contribution in [1.82, 2.24) is 5.32 Å². The smallest absolute Gasteiger partial charge is 0.107 e. The molecule has 1 fully saturated rings. The van der Waals surface area contributed by atoms with Crippen LogP contribution in [0.5, 0.6) is 0 Å². The van der Waals surface area contributed by atoms with Crippen LogP contribution in [-0.4, -0.2) is 12.1 Å². The number of benzene rings is 6. The van der Waals surface area contributed by atoms with E-state index in [-0.39, 0.29) is 18.2 Å². The summed E-state index contributed by atoms with van der Waals surface area (Å²) in [5.74, 6) is 0. The molecule has 44 heavy (non-hydrogen) atoms. The van der Waals surface area contributed by atoms with Crippen molar-refractivity contribution in [1.29, 1.82) is 0 Å². The van der Waals surface area contributed by atoms with Crippen molar-refractivity contribution in [2.45, 2.75) is 18.2 Å². The van der Waals surface area contributed by atoms with Gasteiger partial charge in [0.2, 0.25) is 0 Å². The molecule has 1 saturated heterocycles. The number of rotatable bonds is 6. The number of fused-ring (bicyclic) bond motifs is 2. The summed E-state index contributed by atoms with van der Waals surface area (Å²) in [6.45, 7) is 0. The number of anilines is 4. The Balaban J connectivity index is 1.12. The molecule has 6 aromatic rings. The maximum absolute atomic E-state index is 3.84. The van der Waals surface area contributed by atoms with E-state index < -0.39 is 0 Å². The second-order valence-electron chi connectivity index (χ2n) is 11.4. The molecule has 2 aliphatic rings. The number of para-hydroxylation sites is 1. The minimum atomic E-state index is 0.113. The maximum Gasteiger partial charge on any atom is 0.107 e. The third-order valence-corrected chi connectivity index (χ3v) is 8.82. The van der Waals surface area contributed by atoms with Gasteiger partial charge in [0.1, 0.15) is 6.17 Å². The van der Waals surface area contributed by atoms with Gasteiger partial charge in [-0.3, -0.25) is 5.32 Å². The first-order chi connectivity index (χ1) is 21.8. The second-order valence-corrected chi connectivity index (χ2v) is 11.4. The summed E-state index contributed by atoms with van der Waals surface area (Å²) in [4.78, 5) is 4.86. The number of hydrogen-bond acceptors (Lipinski definition) is 3. The van der Waals surface area contributed by atoms with E-state index in [0.717, 1.165) is 11.4 Å². The molecule has 8 rings (SSSR count). The van der Waals surface area contributed by atoms with Gasteiger partial charge in [-0.1, -0.05) is 133 Å². The van der Waals surface area contributed by atoms with Crippen LogP contribution in [0.25, 0.3) is 21.9 Å². The minimum absolute atomic E-state index is 0.113. The molecule has 0 spiro atoms. The Morgan fingerprint density at radius 2 is 1.14 bits per heavy atom. The quantitative estimate of drug-likeness (QED) is 0.216. The Morgan fingerprint density at radius 1 is 0.523 bits per heavy atom. The topological polar surface area (TPSA) is 18.5 Å². The SMILES string of the molecule is C1=CC2NC(c3ccccc3)N(c3ccc(-c4ccc(N(c5ccccc5)c5cccc6ccccc56)cc4)cc3)C2C=C1. The van der Waals surface area contributed by atoms with Gasteiger partial charge in [-0.05, 0) is 64.5 Å². The van der Waals surface area contributed by atoms with Crippen LogP contribution in [-0.2, 0) is 0 Å². The Bertz CT molecular complexity index is 1940. The highest BCUT2D eigenvalue weighted by molar-refractivity contribution is 5.99. The van der Waals surface area contributed by atoms with Gasteiger partial charge in [0.15, 0.2) is 0 Å². The number of nitrogens with one attached hydrogen (secondary N) is 1. The third kappa shape index (κ3) is 4.78. The van der Waals surface area contributed by atoms with Crippen LogP contribution in [0.2, 0.25) is 0 Å². The van der Waals surface area contributed by atoms with Gasteiger partial charge in [0.05, 0.1) is 17.8 Å². The predicted octanol–water partition coefficient (Wildman–Crippen LogP) is 9.95. The molecule has 0 radical (unpaired) electrons. The molecule has 1 N–H and O–H groups in total. The average Bonchev–Trinajstić information content (AvgIpc) is 3.50. The van der Waals surface area contributed by atoms with E-state index in [9.17, 15) is 0 Å². The zero-order chi connectivity index (χ0) is 29.3. The number of nitrogens with zero attached hydrogens (tertiary/aromatic N) is 2. The summed E-state index contributed by atoms with van der Waals surface area (Å²) in [5, 5.41) is 6.31. The molecule has 3 unspecified atom stereocenters. The van der Waals surface area contributed by atoms with Crippen LogP contribution >= 0.6 is 0 Å². The summed E-state index contributed by atoms with van der Waals surface area (Å²) in [7, 11) is 0. The molecule has 1 aliphatic carbocycles. The molecule has 3 atom stereocenters. The van der Waals surface area contributed by atoms with Crippen molar-refractivity contribution in [3.05, 3.63) is 182 Å². The molecule has 0 amide bonds. The molecule has 3 nitrogen and oxygen atoms in total. The predicted molar refractivity (Wildman–Crippen MR) is 185 cm³/mol. The highest BCUT2D eigenvalue weighted by Gasteiger charge is 2.39. The van der Waals surface area contributed by atoms with Crippen molar-refractivity contribution in [3.8, 4) is 11.1 Å². The van der Waals surface area contributed by atoms with Crippen LogP contribution in [0.4, 0.5) is 22.7 Å². The molecule has 6 aromatic carbocycles. The highest BCUT2D eigenvalue weighted by Crippen LogP contribution is 2.40. The van der Waals surface area contributed by atoms with E-state index in [2.05, 4.69) is 191 Å². The fourth-order valence-corrected chi connectivity index (χ4v) is 6.70. The molecular formula is C41H33N3. The van der Waals surface area contributed by atoms with Gasteiger partial charge in [-0.25, -0.2) is 0 Å². The van der Waals surface area contributed by atoms with Crippen molar-refractivity contribution in [2.24, 2.45) is 0 Å². The molecule has 1 heterocycles. The molecule has 0 aromatic heterocycles. The molecular weight excluding hydrogens is 534 g/mol. The maximum atomic E-state index is 3.84. The third-order valence-electron chi connectivity index (χ3n) is 8.82. The van der Waals surface area contributed by atoms with Crippen molar-refractivity contribution >= 4 is 33.5 Å². The standard InChI is InChI=1S/C41H33N3/c1-3-13-33(14-4-1)41-42-38-19-9-10-20-40(38)44(41)36-28-24-31(25-29-36)30-22-26-35(27-23-30)43(34-16-5-2-6-17-34)39-21-11-15-32-12-7-8-18-37(32)39/h1-29,38,40-42H. The summed E-state index contributed by atoms with van der Waals surface area (Å²) >= 11 is 0.